The average molecular weight is 253 g/mol. The zero-order valence-electron chi connectivity index (χ0n) is 9.52. The molecule has 0 bridgehead atoms. The summed E-state index contributed by atoms with van der Waals surface area (Å²) in [6.07, 6.45) is 0. The van der Waals surface area contributed by atoms with E-state index >= 15 is 0 Å². The molecule has 0 saturated carbocycles. The fourth-order valence-corrected chi connectivity index (χ4v) is 1.86. The Labute approximate surface area is 105 Å². The molecular weight excluding hydrogens is 240 g/mol. The lowest BCUT2D eigenvalue weighted by Crippen LogP contribution is -2.52. The second kappa shape index (κ2) is 4.75. The van der Waals surface area contributed by atoms with Crippen LogP contribution >= 0.6 is 11.6 Å². The molecule has 1 saturated heterocycles. The molecule has 0 spiro atoms. The number of piperazine rings is 1. The van der Waals surface area contributed by atoms with E-state index in [0.717, 1.165) is 5.56 Å². The standard InChI is InChI=1S/C12H13ClN2O2/c1-14-6-7-15(12(17)11(14)16)8-9-2-4-10(13)5-3-9/h2-5H,6-8H2,1H3. The van der Waals surface area contributed by atoms with E-state index in [1.54, 1.807) is 24.1 Å². The predicted molar refractivity (Wildman–Crippen MR) is 64.5 cm³/mol. The fourth-order valence-electron chi connectivity index (χ4n) is 1.73. The third-order valence-electron chi connectivity index (χ3n) is 2.81. The van der Waals surface area contributed by atoms with Crippen LogP contribution in [0.4, 0.5) is 0 Å². The van der Waals surface area contributed by atoms with Crippen molar-refractivity contribution in [3.8, 4) is 0 Å². The van der Waals surface area contributed by atoms with Crippen LogP contribution in [0.25, 0.3) is 0 Å². The quantitative estimate of drug-likeness (QED) is 0.741. The Morgan fingerprint density at radius 2 is 1.76 bits per heavy atom. The highest BCUT2D eigenvalue weighted by molar-refractivity contribution is 6.35. The van der Waals surface area contributed by atoms with Crippen molar-refractivity contribution in [2.45, 2.75) is 6.54 Å². The Hall–Kier alpha value is -1.55. The third-order valence-corrected chi connectivity index (χ3v) is 3.06. The van der Waals surface area contributed by atoms with Gasteiger partial charge in [-0.25, -0.2) is 0 Å². The second-order valence-electron chi connectivity index (χ2n) is 4.08. The van der Waals surface area contributed by atoms with E-state index in [0.29, 0.717) is 24.7 Å². The van der Waals surface area contributed by atoms with E-state index in [1.165, 1.54) is 4.90 Å². The highest BCUT2D eigenvalue weighted by Crippen LogP contribution is 2.13. The monoisotopic (exact) mass is 252 g/mol. The van der Waals surface area contributed by atoms with Crippen LogP contribution in [0.15, 0.2) is 24.3 Å². The van der Waals surface area contributed by atoms with E-state index in [4.69, 9.17) is 11.6 Å². The van der Waals surface area contributed by atoms with Crippen molar-refractivity contribution >= 4 is 23.4 Å². The molecule has 1 fully saturated rings. The lowest BCUT2D eigenvalue weighted by atomic mass is 10.2. The van der Waals surface area contributed by atoms with Crippen LogP contribution < -0.4 is 0 Å². The van der Waals surface area contributed by atoms with Gasteiger partial charge in [-0.2, -0.15) is 0 Å². The minimum atomic E-state index is -0.440. The summed E-state index contributed by atoms with van der Waals surface area (Å²) >= 11 is 5.78. The maximum atomic E-state index is 11.7. The van der Waals surface area contributed by atoms with Crippen LogP contribution in [0, 0.1) is 0 Å². The maximum absolute atomic E-state index is 11.7. The van der Waals surface area contributed by atoms with Crippen molar-refractivity contribution in [1.29, 1.82) is 0 Å². The number of halogens is 1. The van der Waals surface area contributed by atoms with Crippen LogP contribution in [0.2, 0.25) is 5.02 Å². The number of likely N-dealkylation sites (N-methyl/N-ethyl adjacent to an activating group) is 1. The van der Waals surface area contributed by atoms with Gasteiger partial charge >= 0.3 is 11.8 Å². The van der Waals surface area contributed by atoms with Gasteiger partial charge in [0.2, 0.25) is 0 Å². The van der Waals surface area contributed by atoms with Crippen LogP contribution in [0.3, 0.4) is 0 Å². The molecule has 0 atom stereocenters. The first-order valence-electron chi connectivity index (χ1n) is 5.37. The number of carbonyl (C=O) groups excluding carboxylic acids is 2. The van der Waals surface area contributed by atoms with Crippen LogP contribution in [0.1, 0.15) is 5.56 Å². The molecule has 2 rings (SSSR count). The number of benzene rings is 1. The Balaban J connectivity index is 2.07. The van der Waals surface area contributed by atoms with Crippen molar-refractivity contribution < 1.29 is 9.59 Å². The zero-order chi connectivity index (χ0) is 12.4. The molecule has 0 aliphatic carbocycles. The molecule has 0 radical (unpaired) electrons. The van der Waals surface area contributed by atoms with Gasteiger partial charge in [-0.3, -0.25) is 9.59 Å². The second-order valence-corrected chi connectivity index (χ2v) is 4.52. The number of nitrogens with zero attached hydrogens (tertiary/aromatic N) is 2. The van der Waals surface area contributed by atoms with Crippen molar-refractivity contribution in [2.75, 3.05) is 20.1 Å². The number of hydrogen-bond donors (Lipinski definition) is 0. The summed E-state index contributed by atoms with van der Waals surface area (Å²) in [6, 6.07) is 7.27. The van der Waals surface area contributed by atoms with E-state index in [2.05, 4.69) is 0 Å². The summed E-state index contributed by atoms with van der Waals surface area (Å²) in [5.41, 5.74) is 0.972. The topological polar surface area (TPSA) is 40.6 Å². The summed E-state index contributed by atoms with van der Waals surface area (Å²) < 4.78 is 0. The van der Waals surface area contributed by atoms with E-state index in [9.17, 15) is 9.59 Å². The van der Waals surface area contributed by atoms with Crippen molar-refractivity contribution in [3.63, 3.8) is 0 Å². The van der Waals surface area contributed by atoms with Crippen LogP contribution in [-0.2, 0) is 16.1 Å². The molecule has 0 unspecified atom stereocenters. The molecule has 90 valence electrons. The van der Waals surface area contributed by atoms with Crippen molar-refractivity contribution in [3.05, 3.63) is 34.9 Å². The molecular formula is C12H13ClN2O2. The largest absolute Gasteiger partial charge is 0.336 e. The van der Waals surface area contributed by atoms with Gasteiger partial charge in [-0.05, 0) is 17.7 Å². The third kappa shape index (κ3) is 2.58. The van der Waals surface area contributed by atoms with E-state index < -0.39 is 11.8 Å². The van der Waals surface area contributed by atoms with Crippen LogP contribution in [-0.4, -0.2) is 41.8 Å². The van der Waals surface area contributed by atoms with Crippen LogP contribution in [0.5, 0.6) is 0 Å². The lowest BCUT2D eigenvalue weighted by Gasteiger charge is -2.31. The fraction of sp³-hybridized carbons (Fsp3) is 0.333. The first-order chi connectivity index (χ1) is 8.08. The SMILES string of the molecule is CN1CCN(Cc2ccc(Cl)cc2)C(=O)C1=O. The van der Waals surface area contributed by atoms with Gasteiger partial charge in [0, 0.05) is 31.7 Å². The Morgan fingerprint density at radius 3 is 2.41 bits per heavy atom. The first-order valence-corrected chi connectivity index (χ1v) is 5.74. The Morgan fingerprint density at radius 1 is 1.12 bits per heavy atom. The molecule has 17 heavy (non-hydrogen) atoms. The summed E-state index contributed by atoms with van der Waals surface area (Å²) in [5, 5.41) is 0.662. The molecule has 1 heterocycles. The van der Waals surface area contributed by atoms with Gasteiger partial charge in [-0.1, -0.05) is 23.7 Å². The minimum Gasteiger partial charge on any atom is -0.336 e. The number of rotatable bonds is 2. The molecule has 0 N–H and O–H groups in total. The zero-order valence-corrected chi connectivity index (χ0v) is 10.3. The van der Waals surface area contributed by atoms with Gasteiger partial charge in [0.15, 0.2) is 0 Å². The van der Waals surface area contributed by atoms with Crippen molar-refractivity contribution in [2.24, 2.45) is 0 Å². The molecule has 4 nitrogen and oxygen atoms in total. The van der Waals surface area contributed by atoms with E-state index in [1.807, 2.05) is 12.1 Å². The number of amides is 2. The summed E-state index contributed by atoms with van der Waals surface area (Å²) in [5.74, 6) is -0.876. The molecule has 1 aromatic rings. The predicted octanol–water partition coefficient (Wildman–Crippen LogP) is 1.14. The number of hydrogen-bond acceptors (Lipinski definition) is 2. The smallest absolute Gasteiger partial charge is 0.312 e. The van der Waals surface area contributed by atoms with Crippen molar-refractivity contribution in [1.82, 2.24) is 9.80 Å². The number of carbonyl (C=O) groups is 2. The van der Waals surface area contributed by atoms with Gasteiger partial charge in [0.05, 0.1) is 0 Å². The van der Waals surface area contributed by atoms with Gasteiger partial charge in [0.1, 0.15) is 0 Å². The molecule has 0 aromatic heterocycles. The Bertz CT molecular complexity index is 444. The molecule has 1 aromatic carbocycles. The Kier molecular flexibility index (Phi) is 3.33. The molecule has 1 aliphatic heterocycles. The van der Waals surface area contributed by atoms with Gasteiger partial charge in [0.25, 0.3) is 0 Å². The highest BCUT2D eigenvalue weighted by Gasteiger charge is 2.29. The highest BCUT2D eigenvalue weighted by atomic mass is 35.5. The average Bonchev–Trinajstić information content (AvgIpc) is 2.33. The summed E-state index contributed by atoms with van der Waals surface area (Å²) in [7, 11) is 1.64. The van der Waals surface area contributed by atoms with Gasteiger partial charge < -0.3 is 9.80 Å². The minimum absolute atomic E-state index is 0.436. The lowest BCUT2D eigenvalue weighted by molar-refractivity contribution is -0.155. The summed E-state index contributed by atoms with van der Waals surface area (Å²) in [6.45, 7) is 1.61. The first kappa shape index (κ1) is 11.9. The maximum Gasteiger partial charge on any atom is 0.312 e. The van der Waals surface area contributed by atoms with E-state index in [-0.39, 0.29) is 0 Å². The summed E-state index contributed by atoms with van der Waals surface area (Å²) in [4.78, 5) is 26.2. The molecule has 2 amide bonds. The van der Waals surface area contributed by atoms with Gasteiger partial charge in [-0.15, -0.1) is 0 Å². The molecule has 5 heteroatoms. The molecule has 1 aliphatic rings. The normalized spacial score (nSPS) is 16.6.